The van der Waals surface area contributed by atoms with Crippen LogP contribution in [-0.4, -0.2) is 30.7 Å². The Morgan fingerprint density at radius 2 is 1.93 bits per heavy atom. The minimum absolute atomic E-state index is 0.0317. The van der Waals surface area contributed by atoms with Crippen molar-refractivity contribution in [3.8, 4) is 0 Å². The summed E-state index contributed by atoms with van der Waals surface area (Å²) in [5.41, 5.74) is 3.40. The van der Waals surface area contributed by atoms with Crippen LogP contribution in [0.4, 0.5) is 0 Å². The lowest BCUT2D eigenvalue weighted by Gasteiger charge is -2.17. The number of nitrogens with zero attached hydrogens (tertiary/aromatic N) is 1. The van der Waals surface area contributed by atoms with Gasteiger partial charge in [0.15, 0.2) is 0 Å². The van der Waals surface area contributed by atoms with E-state index >= 15 is 0 Å². The summed E-state index contributed by atoms with van der Waals surface area (Å²) in [6.45, 7) is 1.26. The highest BCUT2D eigenvalue weighted by Crippen LogP contribution is 2.34. The van der Waals surface area contributed by atoms with Crippen LogP contribution in [0.1, 0.15) is 29.9 Å². The normalized spacial score (nSPS) is 12.3. The zero-order valence-corrected chi connectivity index (χ0v) is 16.5. The molecule has 1 atom stereocenters. The maximum atomic E-state index is 12.6. The van der Waals surface area contributed by atoms with Gasteiger partial charge in [-0.05, 0) is 35.7 Å². The third kappa shape index (κ3) is 4.71. The standard InChI is InChI=1S/C22H25ClN2O2/c1-25-15-20(18-6-3-4-7-21(18)25)19(16-8-10-17(23)11-9-16)14-22(26)24-12-5-13-27-2/h3-4,6-11,15,19H,5,12-14H2,1-2H3,(H,24,26)/t19-/m1/s1. The Hall–Kier alpha value is -2.30. The predicted molar refractivity (Wildman–Crippen MR) is 110 cm³/mol. The minimum atomic E-state index is -0.0317. The molecule has 0 saturated carbocycles. The van der Waals surface area contributed by atoms with Gasteiger partial charge in [-0.25, -0.2) is 0 Å². The largest absolute Gasteiger partial charge is 0.385 e. The molecule has 0 spiro atoms. The van der Waals surface area contributed by atoms with Gasteiger partial charge in [-0.1, -0.05) is 41.9 Å². The third-order valence-corrected chi connectivity index (χ3v) is 5.06. The number of para-hydroxylation sites is 1. The van der Waals surface area contributed by atoms with E-state index in [9.17, 15) is 4.79 Å². The number of aromatic nitrogens is 1. The van der Waals surface area contributed by atoms with E-state index in [4.69, 9.17) is 16.3 Å². The molecule has 2 aromatic carbocycles. The second kappa shape index (κ2) is 9.07. The van der Waals surface area contributed by atoms with E-state index in [0.29, 0.717) is 24.6 Å². The van der Waals surface area contributed by atoms with Crippen molar-refractivity contribution in [3.63, 3.8) is 0 Å². The number of nitrogens with one attached hydrogen (secondary N) is 1. The molecule has 0 aliphatic carbocycles. The zero-order chi connectivity index (χ0) is 19.2. The highest BCUT2D eigenvalue weighted by Gasteiger charge is 2.22. The van der Waals surface area contributed by atoms with E-state index in [1.165, 1.54) is 5.39 Å². The molecule has 1 amide bonds. The summed E-state index contributed by atoms with van der Waals surface area (Å²) in [5, 5.41) is 4.87. The summed E-state index contributed by atoms with van der Waals surface area (Å²) in [7, 11) is 3.70. The number of aryl methyl sites for hydroxylation is 1. The number of methoxy groups -OCH3 is 1. The Balaban J connectivity index is 1.90. The van der Waals surface area contributed by atoms with Crippen LogP contribution in [0.2, 0.25) is 5.02 Å². The monoisotopic (exact) mass is 384 g/mol. The van der Waals surface area contributed by atoms with Crippen molar-refractivity contribution in [2.24, 2.45) is 7.05 Å². The number of carbonyl (C=O) groups excluding carboxylic acids is 1. The van der Waals surface area contributed by atoms with Gasteiger partial charge in [0, 0.05) is 61.8 Å². The zero-order valence-electron chi connectivity index (χ0n) is 15.7. The Labute approximate surface area is 165 Å². The molecule has 1 aromatic heterocycles. The van der Waals surface area contributed by atoms with Crippen LogP contribution in [0.25, 0.3) is 10.9 Å². The average Bonchev–Trinajstić information content (AvgIpc) is 3.01. The van der Waals surface area contributed by atoms with Crippen molar-refractivity contribution in [1.29, 1.82) is 0 Å². The molecule has 142 valence electrons. The van der Waals surface area contributed by atoms with Crippen molar-refractivity contribution >= 4 is 28.4 Å². The Kier molecular flexibility index (Phi) is 6.54. The molecular weight excluding hydrogens is 360 g/mol. The summed E-state index contributed by atoms with van der Waals surface area (Å²) in [6.07, 6.45) is 3.33. The van der Waals surface area contributed by atoms with Gasteiger partial charge >= 0.3 is 0 Å². The number of rotatable bonds is 8. The molecule has 0 bridgehead atoms. The van der Waals surface area contributed by atoms with Crippen LogP contribution in [-0.2, 0) is 16.6 Å². The smallest absolute Gasteiger partial charge is 0.220 e. The highest BCUT2D eigenvalue weighted by molar-refractivity contribution is 6.30. The molecule has 0 radical (unpaired) electrons. The molecule has 5 heteroatoms. The lowest BCUT2D eigenvalue weighted by atomic mass is 9.88. The first kappa shape index (κ1) is 19.5. The number of amides is 1. The van der Waals surface area contributed by atoms with E-state index in [1.54, 1.807) is 7.11 Å². The molecule has 0 saturated heterocycles. The quantitative estimate of drug-likeness (QED) is 0.581. The van der Waals surface area contributed by atoms with Gasteiger partial charge in [0.05, 0.1) is 0 Å². The highest BCUT2D eigenvalue weighted by atomic mass is 35.5. The first-order valence-corrected chi connectivity index (χ1v) is 9.53. The molecule has 0 aliphatic rings. The van der Waals surface area contributed by atoms with E-state index in [-0.39, 0.29) is 11.8 Å². The first-order valence-electron chi connectivity index (χ1n) is 9.15. The van der Waals surface area contributed by atoms with E-state index in [1.807, 2.05) is 43.4 Å². The Bertz CT molecular complexity index is 902. The van der Waals surface area contributed by atoms with Crippen LogP contribution in [0.3, 0.4) is 0 Å². The molecule has 4 nitrogen and oxygen atoms in total. The number of hydrogen-bond acceptors (Lipinski definition) is 2. The summed E-state index contributed by atoms with van der Waals surface area (Å²) in [4.78, 5) is 12.6. The van der Waals surface area contributed by atoms with Gasteiger partial charge in [-0.3, -0.25) is 4.79 Å². The van der Waals surface area contributed by atoms with Crippen molar-refractivity contribution < 1.29 is 9.53 Å². The van der Waals surface area contributed by atoms with Crippen molar-refractivity contribution in [2.75, 3.05) is 20.3 Å². The Morgan fingerprint density at radius 3 is 2.67 bits per heavy atom. The number of carbonyl (C=O) groups is 1. The summed E-state index contributed by atoms with van der Waals surface area (Å²) in [6, 6.07) is 16.1. The molecule has 0 unspecified atom stereocenters. The fourth-order valence-corrected chi connectivity index (χ4v) is 3.58. The molecular formula is C22H25ClN2O2. The van der Waals surface area contributed by atoms with Crippen LogP contribution < -0.4 is 5.32 Å². The number of fused-ring (bicyclic) bond motifs is 1. The summed E-state index contributed by atoms with van der Waals surface area (Å²) >= 11 is 6.07. The van der Waals surface area contributed by atoms with Gasteiger partial charge in [-0.15, -0.1) is 0 Å². The van der Waals surface area contributed by atoms with Gasteiger partial charge in [-0.2, -0.15) is 0 Å². The van der Waals surface area contributed by atoms with Crippen molar-refractivity contribution in [3.05, 3.63) is 70.9 Å². The number of ether oxygens (including phenoxy) is 1. The number of benzene rings is 2. The van der Waals surface area contributed by atoms with Crippen molar-refractivity contribution in [2.45, 2.75) is 18.8 Å². The van der Waals surface area contributed by atoms with E-state index < -0.39 is 0 Å². The number of halogens is 1. The Morgan fingerprint density at radius 1 is 1.19 bits per heavy atom. The second-order valence-electron chi connectivity index (χ2n) is 6.72. The van der Waals surface area contributed by atoms with Crippen LogP contribution in [0.15, 0.2) is 54.7 Å². The molecule has 3 aromatic rings. The van der Waals surface area contributed by atoms with E-state index in [2.05, 4.69) is 28.2 Å². The lowest BCUT2D eigenvalue weighted by Crippen LogP contribution is -2.27. The summed E-state index contributed by atoms with van der Waals surface area (Å²) < 4.78 is 7.15. The maximum Gasteiger partial charge on any atom is 0.220 e. The molecule has 0 fully saturated rings. The van der Waals surface area contributed by atoms with Crippen LogP contribution >= 0.6 is 11.6 Å². The van der Waals surface area contributed by atoms with Gasteiger partial charge in [0.25, 0.3) is 0 Å². The molecule has 0 aliphatic heterocycles. The average molecular weight is 385 g/mol. The van der Waals surface area contributed by atoms with Gasteiger partial charge < -0.3 is 14.6 Å². The SMILES string of the molecule is COCCCNC(=O)C[C@H](c1ccc(Cl)cc1)c1cn(C)c2ccccc12. The van der Waals surface area contributed by atoms with Gasteiger partial charge in [0.1, 0.15) is 0 Å². The predicted octanol–water partition coefficient (Wildman–Crippen LogP) is 4.51. The third-order valence-electron chi connectivity index (χ3n) is 4.81. The fourth-order valence-electron chi connectivity index (χ4n) is 3.46. The summed E-state index contributed by atoms with van der Waals surface area (Å²) in [5.74, 6) is 0.00905. The lowest BCUT2D eigenvalue weighted by molar-refractivity contribution is -0.121. The molecule has 1 N–H and O–H groups in total. The first-order chi connectivity index (χ1) is 13.1. The second-order valence-corrected chi connectivity index (χ2v) is 7.15. The molecule has 27 heavy (non-hydrogen) atoms. The number of hydrogen-bond donors (Lipinski definition) is 1. The fraction of sp³-hybridized carbons (Fsp3) is 0.318. The maximum absolute atomic E-state index is 12.6. The van der Waals surface area contributed by atoms with Crippen LogP contribution in [0.5, 0.6) is 0 Å². The molecule has 1 heterocycles. The van der Waals surface area contributed by atoms with Crippen LogP contribution in [0, 0.1) is 0 Å². The molecule has 3 rings (SSSR count). The van der Waals surface area contributed by atoms with Gasteiger partial charge in [0.2, 0.25) is 5.91 Å². The van der Waals surface area contributed by atoms with Crippen molar-refractivity contribution in [1.82, 2.24) is 9.88 Å². The minimum Gasteiger partial charge on any atom is -0.385 e. The topological polar surface area (TPSA) is 43.3 Å². The van der Waals surface area contributed by atoms with E-state index in [0.717, 1.165) is 23.1 Å².